The molecule has 7 heteroatoms. The van der Waals surface area contributed by atoms with Crippen LogP contribution in [0.5, 0.6) is 0 Å². The molecule has 23 heavy (non-hydrogen) atoms. The van der Waals surface area contributed by atoms with Crippen molar-refractivity contribution in [3.8, 4) is 0 Å². The van der Waals surface area contributed by atoms with Crippen LogP contribution in [-0.2, 0) is 4.79 Å². The van der Waals surface area contributed by atoms with E-state index in [4.69, 9.17) is 23.2 Å². The van der Waals surface area contributed by atoms with Gasteiger partial charge in [-0.05, 0) is 40.8 Å². The molecule has 0 unspecified atom stereocenters. The van der Waals surface area contributed by atoms with Crippen molar-refractivity contribution in [1.82, 2.24) is 9.80 Å². The monoisotopic (exact) mass is 465 g/mol. The first-order valence-electron chi connectivity index (χ1n) is 7.15. The molecule has 1 aromatic rings. The Morgan fingerprint density at radius 2 is 1.78 bits per heavy atom. The average Bonchev–Trinajstić information content (AvgIpc) is 2.56. The lowest BCUT2D eigenvalue weighted by Gasteiger charge is -2.36. The first kappa shape index (κ1) is 18.4. The molecule has 1 aliphatic heterocycles. The van der Waals surface area contributed by atoms with Crippen LogP contribution in [0, 0.1) is 3.57 Å². The molecule has 0 atom stereocenters. The number of nitrogens with zero attached hydrogens (tertiary/aromatic N) is 2. The second kappa shape index (κ2) is 8.26. The van der Waals surface area contributed by atoms with E-state index in [-0.39, 0.29) is 12.5 Å². The van der Waals surface area contributed by atoms with Crippen LogP contribution in [0.3, 0.4) is 0 Å². The minimum atomic E-state index is 0.0655. The average molecular weight is 466 g/mol. The van der Waals surface area contributed by atoms with Gasteiger partial charge in [0.25, 0.3) is 0 Å². The summed E-state index contributed by atoms with van der Waals surface area (Å²) in [6, 6.07) is 3.52. The summed E-state index contributed by atoms with van der Waals surface area (Å²) >= 11 is 14.1. The second-order valence-electron chi connectivity index (χ2n) is 5.16. The number of benzene rings is 1. The zero-order valence-electron chi connectivity index (χ0n) is 12.6. The Hall–Kier alpha value is -0.920. The predicted octanol–water partition coefficient (Wildman–Crippen LogP) is 3.85. The zero-order chi connectivity index (χ0) is 17.0. The van der Waals surface area contributed by atoms with E-state index in [1.807, 2.05) is 4.90 Å². The molecule has 1 saturated heterocycles. The molecule has 4 nitrogen and oxygen atoms in total. The number of carbonyl (C=O) groups excluding carboxylic acids is 1. The highest BCUT2D eigenvalue weighted by Crippen LogP contribution is 2.29. The Morgan fingerprint density at radius 1 is 1.22 bits per heavy atom. The Bertz CT molecular complexity index is 628. The van der Waals surface area contributed by atoms with Gasteiger partial charge in [-0.15, -0.1) is 0 Å². The lowest BCUT2D eigenvalue weighted by atomic mass is 10.2. The van der Waals surface area contributed by atoms with Gasteiger partial charge < -0.3 is 15.1 Å². The van der Waals surface area contributed by atoms with Gasteiger partial charge in [-0.3, -0.25) is 4.79 Å². The second-order valence-corrected chi connectivity index (χ2v) is 7.14. The fraction of sp³-hybridized carbons (Fsp3) is 0.312. The number of hydrogen-bond acceptors (Lipinski definition) is 3. The summed E-state index contributed by atoms with van der Waals surface area (Å²) in [6.07, 6.45) is 1.74. The molecule has 1 N–H and O–H groups in total. The van der Waals surface area contributed by atoms with Crippen molar-refractivity contribution in [2.45, 2.75) is 0 Å². The maximum atomic E-state index is 12.3. The molecule has 0 aliphatic carbocycles. The van der Waals surface area contributed by atoms with E-state index in [0.29, 0.717) is 23.1 Å². The molecule has 1 amide bonds. The number of amides is 1. The molecule has 2 rings (SSSR count). The van der Waals surface area contributed by atoms with E-state index in [1.165, 1.54) is 0 Å². The zero-order valence-corrected chi connectivity index (χ0v) is 16.3. The van der Waals surface area contributed by atoms with Crippen molar-refractivity contribution >= 4 is 57.4 Å². The Balaban J connectivity index is 1.88. The van der Waals surface area contributed by atoms with Crippen LogP contribution >= 0.6 is 45.8 Å². The lowest BCUT2D eigenvalue weighted by molar-refractivity contribution is -0.130. The highest BCUT2D eigenvalue weighted by atomic mass is 127. The van der Waals surface area contributed by atoms with Crippen LogP contribution in [0.1, 0.15) is 0 Å². The fourth-order valence-electron chi connectivity index (χ4n) is 2.31. The quantitative estimate of drug-likeness (QED) is 0.407. The predicted molar refractivity (Wildman–Crippen MR) is 105 cm³/mol. The molecule has 0 bridgehead atoms. The minimum Gasteiger partial charge on any atom is -0.375 e. The van der Waals surface area contributed by atoms with Crippen LogP contribution < -0.4 is 5.32 Å². The lowest BCUT2D eigenvalue weighted by Crippen LogP contribution is -2.49. The number of carbonyl (C=O) groups is 1. The summed E-state index contributed by atoms with van der Waals surface area (Å²) < 4.78 is 0.928. The van der Waals surface area contributed by atoms with Crippen LogP contribution in [0.25, 0.3) is 0 Å². The van der Waals surface area contributed by atoms with Crippen LogP contribution in [-0.4, -0.2) is 48.4 Å². The van der Waals surface area contributed by atoms with E-state index in [1.54, 1.807) is 18.2 Å². The third kappa shape index (κ3) is 4.78. The van der Waals surface area contributed by atoms with Crippen LogP contribution in [0.15, 0.2) is 37.1 Å². The van der Waals surface area contributed by atoms with Gasteiger partial charge in [0.2, 0.25) is 5.91 Å². The number of rotatable bonds is 5. The number of piperazine rings is 1. The molecular formula is C16H18Cl2IN3O. The van der Waals surface area contributed by atoms with Crippen molar-refractivity contribution in [3.05, 3.63) is 50.7 Å². The van der Waals surface area contributed by atoms with Gasteiger partial charge in [0, 0.05) is 41.1 Å². The van der Waals surface area contributed by atoms with Gasteiger partial charge in [-0.1, -0.05) is 36.4 Å². The molecule has 0 radical (unpaired) electrons. The van der Waals surface area contributed by atoms with Crippen molar-refractivity contribution in [3.63, 3.8) is 0 Å². The molecule has 1 heterocycles. The first-order chi connectivity index (χ1) is 10.9. The number of anilines is 1. The molecule has 1 fully saturated rings. The number of hydrogen-bond donors (Lipinski definition) is 1. The Morgan fingerprint density at radius 3 is 2.39 bits per heavy atom. The highest BCUT2D eigenvalue weighted by molar-refractivity contribution is 14.1. The molecular weight excluding hydrogens is 448 g/mol. The highest BCUT2D eigenvalue weighted by Gasteiger charge is 2.21. The normalized spacial score (nSPS) is 14.6. The fourth-order valence-corrected chi connectivity index (χ4v) is 3.48. The molecule has 0 saturated carbocycles. The minimum absolute atomic E-state index is 0.0655. The summed E-state index contributed by atoms with van der Waals surface area (Å²) in [5, 5.41) is 4.11. The first-order valence-corrected chi connectivity index (χ1v) is 8.98. The van der Waals surface area contributed by atoms with Crippen LogP contribution in [0.4, 0.5) is 5.69 Å². The SMILES string of the molecule is C=CC(=C)N1CCN(C(=O)CNc2cc(Cl)c(Cl)cc2I)CC1. The summed E-state index contributed by atoms with van der Waals surface area (Å²) in [7, 11) is 0. The number of allylic oxidation sites excluding steroid dienone is 1. The van der Waals surface area contributed by atoms with Crippen molar-refractivity contribution in [1.29, 1.82) is 0 Å². The smallest absolute Gasteiger partial charge is 0.241 e. The third-order valence-corrected chi connectivity index (χ3v) is 5.33. The van der Waals surface area contributed by atoms with E-state index in [2.05, 4.69) is 46.0 Å². The van der Waals surface area contributed by atoms with E-state index in [9.17, 15) is 4.79 Å². The van der Waals surface area contributed by atoms with Gasteiger partial charge in [0.05, 0.1) is 16.6 Å². The van der Waals surface area contributed by atoms with Gasteiger partial charge >= 0.3 is 0 Å². The molecule has 0 spiro atoms. The molecule has 1 aromatic carbocycles. The summed E-state index contributed by atoms with van der Waals surface area (Å²) in [5.41, 5.74) is 1.72. The van der Waals surface area contributed by atoms with Gasteiger partial charge in [-0.25, -0.2) is 0 Å². The summed E-state index contributed by atoms with van der Waals surface area (Å²) in [6.45, 7) is 10.8. The standard InChI is InChI=1S/C16H18Cl2IN3O/c1-3-11(2)21-4-6-22(7-5-21)16(23)10-20-15-9-13(18)12(17)8-14(15)19/h3,8-9,20H,1-2,4-7,10H2. The summed E-state index contributed by atoms with van der Waals surface area (Å²) in [5.74, 6) is 0.0655. The van der Waals surface area contributed by atoms with E-state index in [0.717, 1.165) is 28.0 Å². The Labute approximate surface area is 160 Å². The van der Waals surface area contributed by atoms with Crippen molar-refractivity contribution in [2.75, 3.05) is 38.0 Å². The van der Waals surface area contributed by atoms with Crippen LogP contribution in [0.2, 0.25) is 10.0 Å². The molecule has 0 aromatic heterocycles. The maximum absolute atomic E-state index is 12.3. The van der Waals surface area contributed by atoms with Crippen molar-refractivity contribution < 1.29 is 4.79 Å². The molecule has 124 valence electrons. The third-order valence-electron chi connectivity index (χ3n) is 3.71. The van der Waals surface area contributed by atoms with Gasteiger partial charge in [0.1, 0.15) is 0 Å². The maximum Gasteiger partial charge on any atom is 0.241 e. The summed E-state index contributed by atoms with van der Waals surface area (Å²) in [4.78, 5) is 16.3. The largest absolute Gasteiger partial charge is 0.375 e. The van der Waals surface area contributed by atoms with Gasteiger partial charge in [0.15, 0.2) is 0 Å². The van der Waals surface area contributed by atoms with E-state index >= 15 is 0 Å². The molecule has 1 aliphatic rings. The Kier molecular flexibility index (Phi) is 6.61. The van der Waals surface area contributed by atoms with Crippen molar-refractivity contribution in [2.24, 2.45) is 0 Å². The van der Waals surface area contributed by atoms with E-state index < -0.39 is 0 Å². The van der Waals surface area contributed by atoms with Gasteiger partial charge in [-0.2, -0.15) is 0 Å². The number of halogens is 3. The number of nitrogens with one attached hydrogen (secondary N) is 1. The topological polar surface area (TPSA) is 35.6 Å².